The van der Waals surface area contributed by atoms with Crippen molar-refractivity contribution in [2.24, 2.45) is 0 Å². The molecule has 0 unspecified atom stereocenters. The van der Waals surface area contributed by atoms with Crippen LogP contribution in [0.1, 0.15) is 25.3 Å². The summed E-state index contributed by atoms with van der Waals surface area (Å²) >= 11 is 0. The molecule has 100 valence electrons. The minimum absolute atomic E-state index is 0. The minimum atomic E-state index is -1.11. The van der Waals surface area contributed by atoms with Crippen LogP contribution >= 0.6 is 0 Å². The summed E-state index contributed by atoms with van der Waals surface area (Å²) in [6, 6.07) is 5.55. The summed E-state index contributed by atoms with van der Waals surface area (Å²) in [7, 11) is 0. The topological polar surface area (TPSA) is 72.2 Å². The number of nitrogens with zero attached hydrogens (tertiary/aromatic N) is 2. The first-order chi connectivity index (χ1) is 8.99. The Bertz CT molecular complexity index is 720. The number of rotatable bonds is 3. The molecule has 20 heavy (non-hydrogen) atoms. The summed E-state index contributed by atoms with van der Waals surface area (Å²) < 4.78 is 1.17. The second-order valence-corrected chi connectivity index (χ2v) is 4.54. The van der Waals surface area contributed by atoms with E-state index in [1.54, 1.807) is 12.1 Å². The number of carboxylic acid groups (broad SMARTS) is 1. The summed E-state index contributed by atoms with van der Waals surface area (Å²) in [6.45, 7) is 4.08. The monoisotopic (exact) mass is 282 g/mol. The third-order valence-electron chi connectivity index (χ3n) is 2.85. The molecule has 0 aliphatic carbocycles. The van der Waals surface area contributed by atoms with Gasteiger partial charge in [-0.3, -0.25) is 9.36 Å². The Morgan fingerprint density at radius 1 is 1.40 bits per heavy atom. The van der Waals surface area contributed by atoms with Gasteiger partial charge in [-0.05, 0) is 23.6 Å². The predicted molar refractivity (Wildman–Crippen MR) is 80.2 cm³/mol. The number of aromatic nitrogens is 2. The molecule has 5 nitrogen and oxygen atoms in total. The third-order valence-corrected chi connectivity index (χ3v) is 2.85. The van der Waals surface area contributed by atoms with Crippen LogP contribution in [-0.4, -0.2) is 50.2 Å². The quantitative estimate of drug-likeness (QED) is 0.682. The Morgan fingerprint density at radius 2 is 2.10 bits per heavy atom. The number of carbonyl (C=O) groups is 1. The molecular formula is C14H15N2NaO3. The first kappa shape index (κ1) is 16.6. The van der Waals surface area contributed by atoms with Gasteiger partial charge in [0.15, 0.2) is 0 Å². The van der Waals surface area contributed by atoms with Crippen molar-refractivity contribution in [3.63, 3.8) is 0 Å². The molecule has 0 atom stereocenters. The molecule has 6 heteroatoms. The molecule has 2 aromatic rings. The Hall–Kier alpha value is -1.43. The second-order valence-electron chi connectivity index (χ2n) is 4.54. The van der Waals surface area contributed by atoms with Gasteiger partial charge in [0.2, 0.25) is 0 Å². The van der Waals surface area contributed by atoms with Gasteiger partial charge < -0.3 is 5.11 Å². The SMILES string of the molecule is CC(C)c1ccc2ncn(/C=C/C(=O)O)c(=O)c2c1.[NaH]. The Labute approximate surface area is 138 Å². The van der Waals surface area contributed by atoms with Gasteiger partial charge in [-0.1, -0.05) is 19.9 Å². The molecule has 0 radical (unpaired) electrons. The molecule has 0 amide bonds. The molecule has 0 saturated heterocycles. The maximum absolute atomic E-state index is 12.2. The maximum atomic E-state index is 12.2. The van der Waals surface area contributed by atoms with E-state index in [-0.39, 0.29) is 35.1 Å². The summed E-state index contributed by atoms with van der Waals surface area (Å²) in [4.78, 5) is 26.8. The van der Waals surface area contributed by atoms with Crippen LogP contribution < -0.4 is 5.56 Å². The van der Waals surface area contributed by atoms with Gasteiger partial charge in [0.1, 0.15) is 6.33 Å². The van der Waals surface area contributed by atoms with Gasteiger partial charge in [-0.2, -0.15) is 0 Å². The molecule has 0 bridgehead atoms. The summed E-state index contributed by atoms with van der Waals surface area (Å²) in [5.74, 6) is -0.796. The van der Waals surface area contributed by atoms with Crippen LogP contribution in [0.3, 0.4) is 0 Å². The molecule has 1 aromatic heterocycles. The zero-order valence-electron chi connectivity index (χ0n) is 10.7. The number of carboxylic acids is 1. The van der Waals surface area contributed by atoms with Gasteiger partial charge in [-0.15, -0.1) is 0 Å². The fraction of sp³-hybridized carbons (Fsp3) is 0.214. The van der Waals surface area contributed by atoms with Crippen molar-refractivity contribution in [1.29, 1.82) is 0 Å². The molecule has 0 aliphatic rings. The molecule has 0 spiro atoms. The van der Waals surface area contributed by atoms with Gasteiger partial charge in [0.25, 0.3) is 5.56 Å². The Morgan fingerprint density at radius 3 is 2.70 bits per heavy atom. The van der Waals surface area contributed by atoms with Crippen LogP contribution in [0.4, 0.5) is 0 Å². The average Bonchev–Trinajstić information content (AvgIpc) is 2.37. The van der Waals surface area contributed by atoms with Gasteiger partial charge in [0.05, 0.1) is 10.9 Å². The zero-order valence-corrected chi connectivity index (χ0v) is 10.7. The molecule has 0 aliphatic heterocycles. The van der Waals surface area contributed by atoms with Crippen molar-refractivity contribution >= 4 is 52.6 Å². The van der Waals surface area contributed by atoms with Crippen molar-refractivity contribution in [3.05, 3.63) is 46.5 Å². The van der Waals surface area contributed by atoms with Crippen molar-refractivity contribution in [2.45, 2.75) is 19.8 Å². The molecule has 0 fully saturated rings. The van der Waals surface area contributed by atoms with E-state index in [1.165, 1.54) is 17.1 Å². The molecule has 1 aromatic carbocycles. The van der Waals surface area contributed by atoms with Crippen LogP contribution in [0.15, 0.2) is 35.4 Å². The Balaban J connectivity index is 0.00000200. The van der Waals surface area contributed by atoms with E-state index in [4.69, 9.17) is 5.11 Å². The van der Waals surface area contributed by atoms with Crippen molar-refractivity contribution in [3.8, 4) is 0 Å². The van der Waals surface area contributed by atoms with Crippen molar-refractivity contribution < 1.29 is 9.90 Å². The van der Waals surface area contributed by atoms with Crippen LogP contribution in [-0.2, 0) is 4.79 Å². The Kier molecular flexibility index (Phi) is 5.68. The fourth-order valence-corrected chi connectivity index (χ4v) is 1.76. The summed E-state index contributed by atoms with van der Waals surface area (Å²) in [5, 5.41) is 9.06. The third kappa shape index (κ3) is 3.56. The summed E-state index contributed by atoms with van der Waals surface area (Å²) in [6.07, 6.45) is 3.42. The van der Waals surface area contributed by atoms with E-state index in [2.05, 4.69) is 4.98 Å². The fourth-order valence-electron chi connectivity index (χ4n) is 1.76. The van der Waals surface area contributed by atoms with Gasteiger partial charge >= 0.3 is 35.5 Å². The van der Waals surface area contributed by atoms with Crippen molar-refractivity contribution in [1.82, 2.24) is 9.55 Å². The number of hydrogen-bond acceptors (Lipinski definition) is 3. The number of hydrogen-bond donors (Lipinski definition) is 1. The zero-order chi connectivity index (χ0) is 14.0. The predicted octanol–water partition coefficient (Wildman–Crippen LogP) is 1.43. The number of benzene rings is 1. The van der Waals surface area contributed by atoms with Gasteiger partial charge in [0, 0.05) is 12.3 Å². The van der Waals surface area contributed by atoms with Crippen LogP contribution in [0.25, 0.3) is 17.1 Å². The first-order valence-electron chi connectivity index (χ1n) is 5.91. The van der Waals surface area contributed by atoms with E-state index in [0.29, 0.717) is 16.8 Å². The normalized spacial score (nSPS) is 10.9. The number of fused-ring (bicyclic) bond motifs is 1. The van der Waals surface area contributed by atoms with Gasteiger partial charge in [-0.25, -0.2) is 9.78 Å². The average molecular weight is 282 g/mol. The standard InChI is InChI=1S/C14H14N2O3.Na.H/c1-9(2)10-3-4-12-11(7-10)14(19)16(8-15-12)6-5-13(17)18;;/h3-9H,1-2H3,(H,17,18);;/b6-5+;;. The van der Waals surface area contributed by atoms with Crippen LogP contribution in [0.2, 0.25) is 0 Å². The molecule has 1 N–H and O–H groups in total. The van der Waals surface area contributed by atoms with E-state index in [0.717, 1.165) is 11.6 Å². The summed E-state index contributed by atoms with van der Waals surface area (Å²) in [5.41, 5.74) is 1.38. The van der Waals surface area contributed by atoms with E-state index >= 15 is 0 Å². The van der Waals surface area contributed by atoms with Crippen LogP contribution in [0.5, 0.6) is 0 Å². The second kappa shape index (κ2) is 6.83. The number of aliphatic carboxylic acids is 1. The van der Waals surface area contributed by atoms with E-state index in [9.17, 15) is 9.59 Å². The van der Waals surface area contributed by atoms with E-state index < -0.39 is 5.97 Å². The molecular weight excluding hydrogens is 267 g/mol. The first-order valence-corrected chi connectivity index (χ1v) is 5.91. The van der Waals surface area contributed by atoms with Crippen LogP contribution in [0, 0.1) is 0 Å². The molecule has 2 rings (SSSR count). The molecule has 0 saturated carbocycles. The molecule has 1 heterocycles. The van der Waals surface area contributed by atoms with Crippen molar-refractivity contribution in [2.75, 3.05) is 0 Å². The van der Waals surface area contributed by atoms with E-state index in [1.807, 2.05) is 19.9 Å².